The number of aliphatic carboxylic acids is 1. The molecule has 1 aromatic carbocycles. The molecule has 4 heteroatoms. The van der Waals surface area contributed by atoms with Crippen molar-refractivity contribution in [1.82, 2.24) is 0 Å². The summed E-state index contributed by atoms with van der Waals surface area (Å²) in [5, 5.41) is 8.93. The SMILES string of the molecule is COc1cc(C(C)C)ccc1C(N)CC(C)C(=O)O. The standard InChI is InChI=1S/C15H23NO3/c1-9(2)11-5-6-12(14(8-11)19-4)13(16)7-10(3)15(17)18/h5-6,8-10,13H,7,16H2,1-4H3,(H,17,18). The van der Waals surface area contributed by atoms with E-state index in [1.165, 1.54) is 5.56 Å². The van der Waals surface area contributed by atoms with Crippen LogP contribution >= 0.6 is 0 Å². The van der Waals surface area contributed by atoms with Crippen LogP contribution in [-0.4, -0.2) is 18.2 Å². The van der Waals surface area contributed by atoms with E-state index in [1.807, 2.05) is 18.2 Å². The van der Waals surface area contributed by atoms with E-state index in [0.717, 1.165) is 11.3 Å². The molecular weight excluding hydrogens is 242 g/mol. The fraction of sp³-hybridized carbons (Fsp3) is 0.533. The van der Waals surface area contributed by atoms with Gasteiger partial charge in [0, 0.05) is 11.6 Å². The van der Waals surface area contributed by atoms with Gasteiger partial charge in [-0.15, -0.1) is 0 Å². The van der Waals surface area contributed by atoms with Gasteiger partial charge in [0.05, 0.1) is 13.0 Å². The molecule has 106 valence electrons. The van der Waals surface area contributed by atoms with Gasteiger partial charge in [-0.3, -0.25) is 4.79 Å². The number of carboxylic acid groups (broad SMARTS) is 1. The highest BCUT2D eigenvalue weighted by Crippen LogP contribution is 2.31. The molecule has 19 heavy (non-hydrogen) atoms. The molecule has 0 aliphatic rings. The molecule has 1 aromatic rings. The Labute approximate surface area is 114 Å². The van der Waals surface area contributed by atoms with Crippen LogP contribution in [0.3, 0.4) is 0 Å². The van der Waals surface area contributed by atoms with Crippen LogP contribution in [-0.2, 0) is 4.79 Å². The van der Waals surface area contributed by atoms with Crippen LogP contribution in [0.1, 0.15) is 50.3 Å². The van der Waals surface area contributed by atoms with Crippen molar-refractivity contribution in [3.63, 3.8) is 0 Å². The second kappa shape index (κ2) is 6.57. The van der Waals surface area contributed by atoms with E-state index in [-0.39, 0.29) is 6.04 Å². The van der Waals surface area contributed by atoms with Gasteiger partial charge in [0.15, 0.2) is 0 Å². The predicted molar refractivity (Wildman–Crippen MR) is 75.4 cm³/mol. The number of hydrogen-bond acceptors (Lipinski definition) is 3. The Balaban J connectivity index is 2.96. The second-order valence-corrected chi connectivity index (χ2v) is 5.24. The van der Waals surface area contributed by atoms with E-state index in [4.69, 9.17) is 15.6 Å². The number of benzene rings is 1. The van der Waals surface area contributed by atoms with Crippen molar-refractivity contribution < 1.29 is 14.6 Å². The van der Waals surface area contributed by atoms with Crippen LogP contribution in [0.15, 0.2) is 18.2 Å². The van der Waals surface area contributed by atoms with Crippen molar-refractivity contribution in [2.24, 2.45) is 11.7 Å². The molecule has 0 aliphatic heterocycles. The third-order valence-corrected chi connectivity index (χ3v) is 3.35. The Morgan fingerprint density at radius 3 is 2.47 bits per heavy atom. The summed E-state index contributed by atoms with van der Waals surface area (Å²) in [4.78, 5) is 10.9. The maximum atomic E-state index is 10.9. The van der Waals surface area contributed by atoms with Gasteiger partial charge in [-0.05, 0) is 24.0 Å². The molecule has 4 nitrogen and oxygen atoms in total. The van der Waals surface area contributed by atoms with Crippen molar-refractivity contribution in [1.29, 1.82) is 0 Å². The highest BCUT2D eigenvalue weighted by molar-refractivity contribution is 5.69. The average Bonchev–Trinajstić information content (AvgIpc) is 2.37. The topological polar surface area (TPSA) is 72.5 Å². The molecule has 3 N–H and O–H groups in total. The van der Waals surface area contributed by atoms with Gasteiger partial charge < -0.3 is 15.6 Å². The molecule has 0 saturated heterocycles. The number of nitrogens with two attached hydrogens (primary N) is 1. The fourth-order valence-electron chi connectivity index (χ4n) is 2.00. The zero-order chi connectivity index (χ0) is 14.6. The molecule has 2 atom stereocenters. The number of rotatable bonds is 6. The first-order valence-electron chi connectivity index (χ1n) is 6.53. The predicted octanol–water partition coefficient (Wildman–Crippen LogP) is 2.93. The van der Waals surface area contributed by atoms with Crippen molar-refractivity contribution in [2.75, 3.05) is 7.11 Å². The lowest BCUT2D eigenvalue weighted by Gasteiger charge is -2.19. The molecule has 0 saturated carbocycles. The zero-order valence-corrected chi connectivity index (χ0v) is 12.0. The van der Waals surface area contributed by atoms with Crippen LogP contribution in [0, 0.1) is 5.92 Å². The van der Waals surface area contributed by atoms with Crippen LogP contribution in [0.4, 0.5) is 0 Å². The Hall–Kier alpha value is -1.55. The van der Waals surface area contributed by atoms with Crippen LogP contribution < -0.4 is 10.5 Å². The van der Waals surface area contributed by atoms with Gasteiger partial charge in [0.2, 0.25) is 0 Å². The molecule has 0 heterocycles. The zero-order valence-electron chi connectivity index (χ0n) is 12.0. The molecule has 0 spiro atoms. The normalized spacial score (nSPS) is 14.2. The molecule has 0 aromatic heterocycles. The molecule has 0 amide bonds. The van der Waals surface area contributed by atoms with Gasteiger partial charge in [-0.25, -0.2) is 0 Å². The van der Waals surface area contributed by atoms with Gasteiger partial charge >= 0.3 is 5.97 Å². The van der Waals surface area contributed by atoms with Gasteiger partial charge in [-0.2, -0.15) is 0 Å². The summed E-state index contributed by atoms with van der Waals surface area (Å²) < 4.78 is 5.37. The number of carbonyl (C=O) groups is 1. The minimum Gasteiger partial charge on any atom is -0.496 e. The lowest BCUT2D eigenvalue weighted by atomic mass is 9.93. The monoisotopic (exact) mass is 265 g/mol. The summed E-state index contributed by atoms with van der Waals surface area (Å²) in [6.45, 7) is 5.89. The van der Waals surface area contributed by atoms with Gasteiger partial charge in [-0.1, -0.05) is 32.9 Å². The van der Waals surface area contributed by atoms with Gasteiger partial charge in [0.25, 0.3) is 0 Å². The molecule has 1 rings (SSSR count). The first kappa shape index (κ1) is 15.5. The number of carboxylic acids is 1. The Kier molecular flexibility index (Phi) is 5.36. The van der Waals surface area contributed by atoms with E-state index >= 15 is 0 Å². The van der Waals surface area contributed by atoms with Gasteiger partial charge in [0.1, 0.15) is 5.75 Å². The quantitative estimate of drug-likeness (QED) is 0.829. The molecule has 0 fully saturated rings. The second-order valence-electron chi connectivity index (χ2n) is 5.24. The summed E-state index contributed by atoms with van der Waals surface area (Å²) in [5.74, 6) is -0.147. The number of methoxy groups -OCH3 is 1. The third kappa shape index (κ3) is 3.96. The molecule has 0 radical (unpaired) electrons. The highest BCUT2D eigenvalue weighted by atomic mass is 16.5. The first-order chi connectivity index (χ1) is 8.86. The van der Waals surface area contributed by atoms with Crippen LogP contribution in [0.25, 0.3) is 0 Å². The highest BCUT2D eigenvalue weighted by Gasteiger charge is 2.19. The summed E-state index contributed by atoms with van der Waals surface area (Å²) in [5.41, 5.74) is 8.13. The summed E-state index contributed by atoms with van der Waals surface area (Å²) in [6, 6.07) is 5.61. The fourth-order valence-corrected chi connectivity index (χ4v) is 2.00. The maximum Gasteiger partial charge on any atom is 0.306 e. The Bertz CT molecular complexity index is 443. The van der Waals surface area contributed by atoms with Crippen molar-refractivity contribution in [2.45, 2.75) is 39.2 Å². The molecular formula is C15H23NO3. The van der Waals surface area contributed by atoms with Crippen LogP contribution in [0.2, 0.25) is 0 Å². The van der Waals surface area contributed by atoms with Crippen molar-refractivity contribution in [3.05, 3.63) is 29.3 Å². The number of hydrogen-bond donors (Lipinski definition) is 2. The lowest BCUT2D eigenvalue weighted by Crippen LogP contribution is -2.19. The minimum atomic E-state index is -0.826. The summed E-state index contributed by atoms with van der Waals surface area (Å²) in [7, 11) is 1.61. The Morgan fingerprint density at radius 1 is 1.37 bits per heavy atom. The van der Waals surface area contributed by atoms with Crippen molar-refractivity contribution >= 4 is 5.97 Å². The Morgan fingerprint density at radius 2 is 2.00 bits per heavy atom. The van der Waals surface area contributed by atoms with E-state index < -0.39 is 11.9 Å². The summed E-state index contributed by atoms with van der Waals surface area (Å²) >= 11 is 0. The minimum absolute atomic E-state index is 0.331. The van der Waals surface area contributed by atoms with E-state index in [9.17, 15) is 4.79 Å². The lowest BCUT2D eigenvalue weighted by molar-refractivity contribution is -0.141. The third-order valence-electron chi connectivity index (χ3n) is 3.35. The van der Waals surface area contributed by atoms with Crippen LogP contribution in [0.5, 0.6) is 5.75 Å². The molecule has 0 aliphatic carbocycles. The first-order valence-corrected chi connectivity index (χ1v) is 6.53. The van der Waals surface area contributed by atoms with E-state index in [1.54, 1.807) is 14.0 Å². The molecule has 0 bridgehead atoms. The maximum absolute atomic E-state index is 10.9. The number of ether oxygens (including phenoxy) is 1. The molecule has 2 unspecified atom stereocenters. The average molecular weight is 265 g/mol. The smallest absolute Gasteiger partial charge is 0.306 e. The summed E-state index contributed by atoms with van der Waals surface area (Å²) in [6.07, 6.45) is 0.396. The van der Waals surface area contributed by atoms with E-state index in [0.29, 0.717) is 12.3 Å². The van der Waals surface area contributed by atoms with E-state index in [2.05, 4.69) is 13.8 Å². The largest absolute Gasteiger partial charge is 0.496 e. The van der Waals surface area contributed by atoms with Crippen molar-refractivity contribution in [3.8, 4) is 5.75 Å².